The van der Waals surface area contributed by atoms with Crippen LogP contribution in [-0.4, -0.2) is 44.7 Å². The van der Waals surface area contributed by atoms with Crippen molar-refractivity contribution in [3.8, 4) is 0 Å². The van der Waals surface area contributed by atoms with Crippen LogP contribution in [0.2, 0.25) is 0 Å². The Morgan fingerprint density at radius 2 is 1.54 bits per heavy atom. The van der Waals surface area contributed by atoms with Crippen LogP contribution in [0.4, 0.5) is 0 Å². The highest BCUT2D eigenvalue weighted by Gasteiger charge is 2.33. The molecule has 0 bridgehead atoms. The van der Waals surface area contributed by atoms with Gasteiger partial charge in [-0.05, 0) is 0 Å². The predicted molar refractivity (Wildman–Crippen MR) is 38.0 cm³/mol. The summed E-state index contributed by atoms with van der Waals surface area (Å²) in [5, 5.41) is 33.9. The largest absolute Gasteiger partial charge is 0.481 e. The maximum atomic E-state index is 10.2. The molecule has 0 aromatic heterocycles. The molecule has 0 aliphatic rings. The SMILES string of the molecule is O=C(O)CC(O)(COO)CC(=O)O. The summed E-state index contributed by atoms with van der Waals surface area (Å²) in [6.07, 6.45) is -1.61. The Balaban J connectivity index is 4.32. The zero-order valence-electron chi connectivity index (χ0n) is 6.63. The highest BCUT2D eigenvalue weighted by molar-refractivity contribution is 5.72. The van der Waals surface area contributed by atoms with Crippen molar-refractivity contribution in [2.75, 3.05) is 6.61 Å². The van der Waals surface area contributed by atoms with E-state index in [1.807, 2.05) is 0 Å². The van der Waals surface area contributed by atoms with Gasteiger partial charge < -0.3 is 15.3 Å². The van der Waals surface area contributed by atoms with Crippen molar-refractivity contribution in [2.45, 2.75) is 18.4 Å². The summed E-state index contributed by atoms with van der Waals surface area (Å²) in [5.74, 6) is -2.75. The molecule has 76 valence electrons. The van der Waals surface area contributed by atoms with Gasteiger partial charge in [-0.15, -0.1) is 0 Å². The third-order valence-corrected chi connectivity index (χ3v) is 1.29. The summed E-state index contributed by atoms with van der Waals surface area (Å²) < 4.78 is 0. The third kappa shape index (κ3) is 5.12. The smallest absolute Gasteiger partial charge is 0.306 e. The van der Waals surface area contributed by atoms with Gasteiger partial charge in [0.1, 0.15) is 12.2 Å². The second-order valence-electron chi connectivity index (χ2n) is 2.64. The van der Waals surface area contributed by atoms with Crippen LogP contribution in [0.5, 0.6) is 0 Å². The summed E-state index contributed by atoms with van der Waals surface area (Å²) in [4.78, 5) is 23.9. The maximum Gasteiger partial charge on any atom is 0.306 e. The minimum atomic E-state index is -2.08. The van der Waals surface area contributed by atoms with E-state index in [9.17, 15) is 14.7 Å². The van der Waals surface area contributed by atoms with E-state index in [0.717, 1.165) is 0 Å². The summed E-state index contributed by atoms with van der Waals surface area (Å²) in [6, 6.07) is 0. The summed E-state index contributed by atoms with van der Waals surface area (Å²) in [6.45, 7) is -0.758. The van der Waals surface area contributed by atoms with Gasteiger partial charge in [0, 0.05) is 0 Å². The lowest BCUT2D eigenvalue weighted by Crippen LogP contribution is -2.39. The molecular formula is C6H10O7. The number of aliphatic carboxylic acids is 2. The maximum absolute atomic E-state index is 10.2. The number of rotatable bonds is 6. The molecule has 0 radical (unpaired) electrons. The van der Waals surface area contributed by atoms with E-state index in [1.54, 1.807) is 0 Å². The van der Waals surface area contributed by atoms with Gasteiger partial charge in [-0.3, -0.25) is 14.8 Å². The standard InChI is InChI=1S/C6H10O7/c7-4(8)1-6(11,3-13-12)2-5(9)10/h11-12H,1-3H2,(H,7,8)(H,9,10). The summed E-state index contributed by atoms with van der Waals surface area (Å²) >= 11 is 0. The normalized spacial score (nSPS) is 11.2. The van der Waals surface area contributed by atoms with Gasteiger partial charge in [0.05, 0.1) is 12.8 Å². The summed E-state index contributed by atoms with van der Waals surface area (Å²) in [7, 11) is 0. The zero-order chi connectivity index (χ0) is 10.5. The molecule has 0 unspecified atom stereocenters. The zero-order valence-corrected chi connectivity index (χ0v) is 6.63. The molecule has 0 atom stereocenters. The van der Waals surface area contributed by atoms with Crippen LogP contribution in [0.1, 0.15) is 12.8 Å². The Bertz CT molecular complexity index is 183. The molecule has 0 amide bonds. The Labute approximate surface area is 73.1 Å². The lowest BCUT2D eigenvalue weighted by Gasteiger charge is -2.21. The molecule has 0 heterocycles. The number of carboxylic acid groups (broad SMARTS) is 2. The number of carbonyl (C=O) groups is 2. The highest BCUT2D eigenvalue weighted by Crippen LogP contribution is 2.15. The van der Waals surface area contributed by atoms with Crippen molar-refractivity contribution in [3.63, 3.8) is 0 Å². The van der Waals surface area contributed by atoms with E-state index in [0.29, 0.717) is 0 Å². The van der Waals surface area contributed by atoms with Gasteiger partial charge in [-0.2, -0.15) is 0 Å². The predicted octanol–water partition coefficient (Wildman–Crippen LogP) is -0.844. The Hall–Kier alpha value is -1.18. The molecule has 7 nitrogen and oxygen atoms in total. The van der Waals surface area contributed by atoms with Crippen LogP contribution >= 0.6 is 0 Å². The molecule has 7 heteroatoms. The molecule has 0 saturated carbocycles. The van der Waals surface area contributed by atoms with Crippen molar-refractivity contribution >= 4 is 11.9 Å². The van der Waals surface area contributed by atoms with Crippen LogP contribution in [0.15, 0.2) is 0 Å². The number of aliphatic hydroxyl groups is 1. The first-order valence-corrected chi connectivity index (χ1v) is 3.32. The minimum Gasteiger partial charge on any atom is -0.481 e. The number of carboxylic acids is 2. The molecule has 0 aromatic rings. The van der Waals surface area contributed by atoms with E-state index in [1.165, 1.54) is 0 Å². The molecule has 0 spiro atoms. The van der Waals surface area contributed by atoms with Crippen molar-refractivity contribution in [3.05, 3.63) is 0 Å². The van der Waals surface area contributed by atoms with E-state index in [2.05, 4.69) is 4.89 Å². The van der Waals surface area contributed by atoms with Crippen LogP contribution in [-0.2, 0) is 14.5 Å². The Morgan fingerprint density at radius 1 is 1.15 bits per heavy atom. The lowest BCUT2D eigenvalue weighted by atomic mass is 9.97. The van der Waals surface area contributed by atoms with E-state index >= 15 is 0 Å². The average Bonchev–Trinajstić information content (AvgIpc) is 1.81. The first-order valence-electron chi connectivity index (χ1n) is 3.32. The molecule has 4 N–H and O–H groups in total. The van der Waals surface area contributed by atoms with Crippen LogP contribution in [0, 0.1) is 0 Å². The van der Waals surface area contributed by atoms with E-state index in [4.69, 9.17) is 15.5 Å². The number of hydrogen-bond acceptors (Lipinski definition) is 5. The molecule has 0 rings (SSSR count). The highest BCUT2D eigenvalue weighted by atomic mass is 17.1. The van der Waals surface area contributed by atoms with Crippen LogP contribution in [0.25, 0.3) is 0 Å². The topological polar surface area (TPSA) is 124 Å². The molecule has 0 aromatic carbocycles. The van der Waals surface area contributed by atoms with Crippen molar-refractivity contribution in [2.24, 2.45) is 0 Å². The van der Waals surface area contributed by atoms with Crippen molar-refractivity contribution in [1.29, 1.82) is 0 Å². The van der Waals surface area contributed by atoms with Gasteiger partial charge >= 0.3 is 11.9 Å². The van der Waals surface area contributed by atoms with Gasteiger partial charge in [0.2, 0.25) is 0 Å². The molecule has 13 heavy (non-hydrogen) atoms. The van der Waals surface area contributed by atoms with Gasteiger partial charge in [-0.25, -0.2) is 4.89 Å². The van der Waals surface area contributed by atoms with Crippen LogP contribution in [0.3, 0.4) is 0 Å². The van der Waals surface area contributed by atoms with Gasteiger partial charge in [0.25, 0.3) is 0 Å². The molecule has 0 aliphatic carbocycles. The lowest BCUT2D eigenvalue weighted by molar-refractivity contribution is -0.273. The molecule has 0 fully saturated rings. The summed E-state index contributed by atoms with van der Waals surface area (Å²) in [5.41, 5.74) is -2.08. The minimum absolute atomic E-state index is 0.758. The second-order valence-corrected chi connectivity index (χ2v) is 2.64. The average molecular weight is 194 g/mol. The second kappa shape index (κ2) is 4.75. The fourth-order valence-corrected chi connectivity index (χ4v) is 0.848. The quantitative estimate of drug-likeness (QED) is 0.321. The first-order chi connectivity index (χ1) is 5.89. The fourth-order valence-electron chi connectivity index (χ4n) is 0.848. The molecule has 0 aliphatic heterocycles. The van der Waals surface area contributed by atoms with E-state index in [-0.39, 0.29) is 0 Å². The van der Waals surface area contributed by atoms with Crippen LogP contribution < -0.4 is 0 Å². The van der Waals surface area contributed by atoms with Crippen molar-refractivity contribution in [1.82, 2.24) is 0 Å². The third-order valence-electron chi connectivity index (χ3n) is 1.29. The van der Waals surface area contributed by atoms with Crippen molar-refractivity contribution < 1.29 is 35.1 Å². The molecule has 0 saturated heterocycles. The monoisotopic (exact) mass is 194 g/mol. The number of hydrogen-bond donors (Lipinski definition) is 4. The Kier molecular flexibility index (Phi) is 4.32. The van der Waals surface area contributed by atoms with Gasteiger partial charge in [0.15, 0.2) is 0 Å². The first kappa shape index (κ1) is 11.8. The Morgan fingerprint density at radius 3 is 1.77 bits per heavy atom. The van der Waals surface area contributed by atoms with E-state index < -0.39 is 37.0 Å². The fraction of sp³-hybridized carbons (Fsp3) is 0.667. The van der Waals surface area contributed by atoms with Gasteiger partial charge in [-0.1, -0.05) is 0 Å². The molecular weight excluding hydrogens is 184 g/mol.